The van der Waals surface area contributed by atoms with Crippen molar-refractivity contribution < 1.29 is 4.21 Å². The predicted octanol–water partition coefficient (Wildman–Crippen LogP) is 3.66. The SMILES string of the molecule is Cc1ccc([S@](=O)/C=C/C(C)(C)C)cc1. The number of allylic oxidation sites excluding steroid dienone is 1. The highest BCUT2D eigenvalue weighted by molar-refractivity contribution is 7.88. The van der Waals surface area contributed by atoms with Gasteiger partial charge < -0.3 is 0 Å². The molecule has 1 atom stereocenters. The molecule has 0 heterocycles. The van der Waals surface area contributed by atoms with Crippen molar-refractivity contribution in [3.8, 4) is 0 Å². The minimum absolute atomic E-state index is 0.0837. The quantitative estimate of drug-likeness (QED) is 0.746. The van der Waals surface area contributed by atoms with Crippen LogP contribution in [0.1, 0.15) is 26.3 Å². The molecule has 0 fully saturated rings. The van der Waals surface area contributed by atoms with E-state index in [9.17, 15) is 4.21 Å². The highest BCUT2D eigenvalue weighted by atomic mass is 32.2. The van der Waals surface area contributed by atoms with Crippen LogP contribution < -0.4 is 0 Å². The van der Waals surface area contributed by atoms with Gasteiger partial charge in [0.15, 0.2) is 0 Å². The van der Waals surface area contributed by atoms with Crippen LogP contribution in [0.25, 0.3) is 0 Å². The molecule has 1 aromatic rings. The molecule has 0 spiro atoms. The maximum atomic E-state index is 11.8. The average molecular weight is 222 g/mol. The lowest BCUT2D eigenvalue weighted by Crippen LogP contribution is -1.99. The second-order valence-corrected chi connectivity index (χ2v) is 6.12. The molecule has 0 saturated carbocycles. The molecule has 15 heavy (non-hydrogen) atoms. The molecular formula is C13H18OS. The Kier molecular flexibility index (Phi) is 3.86. The van der Waals surface area contributed by atoms with Crippen LogP contribution in [-0.4, -0.2) is 4.21 Å². The first kappa shape index (κ1) is 12.2. The second kappa shape index (κ2) is 4.75. The highest BCUT2D eigenvalue weighted by Crippen LogP contribution is 2.17. The van der Waals surface area contributed by atoms with Gasteiger partial charge in [0, 0.05) is 10.3 Å². The molecule has 0 aromatic heterocycles. The van der Waals surface area contributed by atoms with E-state index in [2.05, 4.69) is 20.8 Å². The van der Waals surface area contributed by atoms with Crippen LogP contribution in [0.5, 0.6) is 0 Å². The number of benzene rings is 1. The van der Waals surface area contributed by atoms with E-state index in [0.29, 0.717) is 0 Å². The molecule has 1 nitrogen and oxygen atoms in total. The van der Waals surface area contributed by atoms with Gasteiger partial charge in [0.1, 0.15) is 0 Å². The minimum Gasteiger partial charge on any atom is -0.250 e. The van der Waals surface area contributed by atoms with Gasteiger partial charge in [0.2, 0.25) is 0 Å². The number of hydrogen-bond donors (Lipinski definition) is 0. The van der Waals surface area contributed by atoms with Crippen molar-refractivity contribution in [1.82, 2.24) is 0 Å². The normalized spacial score (nSPS) is 14.4. The summed E-state index contributed by atoms with van der Waals surface area (Å²) in [5.74, 6) is 0. The van der Waals surface area contributed by atoms with Crippen molar-refractivity contribution in [3.63, 3.8) is 0 Å². The maximum absolute atomic E-state index is 11.8. The van der Waals surface area contributed by atoms with Gasteiger partial charge >= 0.3 is 0 Å². The molecule has 0 unspecified atom stereocenters. The summed E-state index contributed by atoms with van der Waals surface area (Å²) in [5, 5.41) is 1.77. The van der Waals surface area contributed by atoms with E-state index in [1.807, 2.05) is 37.3 Å². The standard InChI is InChI=1S/C13H18OS/c1-11-5-7-12(8-6-11)15(14)10-9-13(2,3)4/h5-10H,1-4H3/b10-9+/t15-/m1/s1. The van der Waals surface area contributed by atoms with Gasteiger partial charge in [-0.15, -0.1) is 0 Å². The molecule has 0 aliphatic rings. The molecule has 1 rings (SSSR count). The topological polar surface area (TPSA) is 17.1 Å². The Morgan fingerprint density at radius 2 is 1.67 bits per heavy atom. The molecule has 82 valence electrons. The van der Waals surface area contributed by atoms with E-state index in [1.54, 1.807) is 5.41 Å². The minimum atomic E-state index is -1.02. The molecular weight excluding hydrogens is 204 g/mol. The second-order valence-electron chi connectivity index (χ2n) is 4.78. The van der Waals surface area contributed by atoms with E-state index < -0.39 is 10.8 Å². The lowest BCUT2D eigenvalue weighted by atomic mass is 9.98. The van der Waals surface area contributed by atoms with Gasteiger partial charge in [-0.1, -0.05) is 44.5 Å². The fraction of sp³-hybridized carbons (Fsp3) is 0.385. The van der Waals surface area contributed by atoms with Crippen LogP contribution in [0.15, 0.2) is 40.6 Å². The van der Waals surface area contributed by atoms with Gasteiger partial charge in [0.25, 0.3) is 0 Å². The lowest BCUT2D eigenvalue weighted by molar-refractivity contribution is 0.545. The van der Waals surface area contributed by atoms with Gasteiger partial charge in [-0.3, -0.25) is 0 Å². The monoisotopic (exact) mass is 222 g/mol. The summed E-state index contributed by atoms with van der Waals surface area (Å²) in [6.07, 6.45) is 1.99. The van der Waals surface area contributed by atoms with Gasteiger partial charge in [-0.2, -0.15) is 0 Å². The largest absolute Gasteiger partial charge is 0.250 e. The van der Waals surface area contributed by atoms with Crippen LogP contribution >= 0.6 is 0 Å². The van der Waals surface area contributed by atoms with Crippen molar-refractivity contribution in [1.29, 1.82) is 0 Å². The van der Waals surface area contributed by atoms with Gasteiger partial charge in [-0.05, 0) is 24.5 Å². The third-order valence-corrected chi connectivity index (χ3v) is 3.06. The van der Waals surface area contributed by atoms with E-state index in [1.165, 1.54) is 5.56 Å². The Bertz CT molecular complexity index is 369. The number of rotatable bonds is 2. The molecule has 1 aromatic carbocycles. The van der Waals surface area contributed by atoms with E-state index in [-0.39, 0.29) is 5.41 Å². The molecule has 0 bridgehead atoms. The van der Waals surface area contributed by atoms with Crippen LogP contribution in [-0.2, 0) is 10.8 Å². The first-order valence-electron chi connectivity index (χ1n) is 5.05. The third-order valence-electron chi connectivity index (χ3n) is 1.94. The number of aryl methyl sites for hydroxylation is 1. The van der Waals surface area contributed by atoms with E-state index in [0.717, 1.165) is 4.90 Å². The Morgan fingerprint density at radius 1 is 1.13 bits per heavy atom. The first-order chi connectivity index (χ1) is 6.88. The average Bonchev–Trinajstić information content (AvgIpc) is 2.14. The summed E-state index contributed by atoms with van der Waals surface area (Å²) >= 11 is 0. The maximum Gasteiger partial charge on any atom is 0.0772 e. The zero-order valence-corrected chi connectivity index (χ0v) is 10.6. The molecule has 0 saturated heterocycles. The molecule has 2 heteroatoms. The zero-order chi connectivity index (χ0) is 11.5. The zero-order valence-electron chi connectivity index (χ0n) is 9.78. The Labute approximate surface area is 94.7 Å². The molecule has 0 aliphatic carbocycles. The summed E-state index contributed by atoms with van der Waals surface area (Å²) < 4.78 is 11.8. The summed E-state index contributed by atoms with van der Waals surface area (Å²) in [4.78, 5) is 0.862. The van der Waals surface area contributed by atoms with Crippen molar-refractivity contribution in [2.45, 2.75) is 32.6 Å². The smallest absolute Gasteiger partial charge is 0.0772 e. The summed E-state index contributed by atoms with van der Waals surface area (Å²) in [7, 11) is -1.02. The van der Waals surface area contributed by atoms with Crippen molar-refractivity contribution in [2.24, 2.45) is 5.41 Å². The Morgan fingerprint density at radius 3 is 2.13 bits per heavy atom. The lowest BCUT2D eigenvalue weighted by Gasteiger charge is -2.10. The van der Waals surface area contributed by atoms with Gasteiger partial charge in [-0.25, -0.2) is 4.21 Å². The van der Waals surface area contributed by atoms with Crippen LogP contribution in [0, 0.1) is 12.3 Å². The Hall–Kier alpha value is -0.890. The third kappa shape index (κ3) is 4.43. The fourth-order valence-corrected chi connectivity index (χ4v) is 2.11. The molecule has 0 N–H and O–H groups in total. The van der Waals surface area contributed by atoms with Crippen molar-refractivity contribution in [2.75, 3.05) is 0 Å². The van der Waals surface area contributed by atoms with Crippen LogP contribution in [0.3, 0.4) is 0 Å². The summed E-state index contributed by atoms with van der Waals surface area (Å²) in [6, 6.07) is 7.80. The van der Waals surface area contributed by atoms with Crippen LogP contribution in [0.4, 0.5) is 0 Å². The first-order valence-corrected chi connectivity index (χ1v) is 6.26. The number of hydrogen-bond acceptors (Lipinski definition) is 1. The van der Waals surface area contributed by atoms with Crippen molar-refractivity contribution in [3.05, 3.63) is 41.3 Å². The predicted molar refractivity (Wildman–Crippen MR) is 66.2 cm³/mol. The molecule has 0 radical (unpaired) electrons. The van der Waals surface area contributed by atoms with Gasteiger partial charge in [0.05, 0.1) is 10.8 Å². The Balaban J connectivity index is 2.78. The molecule has 0 amide bonds. The molecule has 0 aliphatic heterocycles. The highest BCUT2D eigenvalue weighted by Gasteiger charge is 2.05. The van der Waals surface area contributed by atoms with Crippen LogP contribution in [0.2, 0.25) is 0 Å². The van der Waals surface area contributed by atoms with E-state index in [4.69, 9.17) is 0 Å². The fourth-order valence-electron chi connectivity index (χ4n) is 1.02. The van der Waals surface area contributed by atoms with E-state index >= 15 is 0 Å². The van der Waals surface area contributed by atoms with Crippen molar-refractivity contribution >= 4 is 10.8 Å². The summed E-state index contributed by atoms with van der Waals surface area (Å²) in [5.41, 5.74) is 1.27. The summed E-state index contributed by atoms with van der Waals surface area (Å²) in [6.45, 7) is 8.30.